The van der Waals surface area contributed by atoms with E-state index in [4.69, 9.17) is 23.7 Å². The van der Waals surface area contributed by atoms with Gasteiger partial charge in [-0.3, -0.25) is 4.79 Å². The summed E-state index contributed by atoms with van der Waals surface area (Å²) in [5.41, 5.74) is 2.18. The molecule has 0 atom stereocenters. The summed E-state index contributed by atoms with van der Waals surface area (Å²) in [6.45, 7) is 6.60. The summed E-state index contributed by atoms with van der Waals surface area (Å²) in [7, 11) is 4.72. The lowest BCUT2D eigenvalue weighted by molar-refractivity contribution is 0.0496. The molecule has 0 spiro atoms. The molecule has 0 aliphatic rings. The van der Waals surface area contributed by atoms with Crippen LogP contribution in [0.4, 0.5) is 0 Å². The monoisotopic (exact) mass is 414 g/mol. The molecule has 0 bridgehead atoms. The Morgan fingerprint density at radius 2 is 1.53 bits per heavy atom. The van der Waals surface area contributed by atoms with E-state index >= 15 is 0 Å². The summed E-state index contributed by atoms with van der Waals surface area (Å²) in [6.07, 6.45) is 3.29. The molecule has 0 N–H and O–H groups in total. The van der Waals surface area contributed by atoms with Crippen molar-refractivity contribution in [2.45, 2.75) is 26.2 Å². The molecule has 0 saturated heterocycles. The van der Waals surface area contributed by atoms with E-state index in [0.29, 0.717) is 22.8 Å². The van der Waals surface area contributed by atoms with Gasteiger partial charge in [0.15, 0.2) is 19.4 Å². The Kier molecular flexibility index (Phi) is 8.45. The van der Waals surface area contributed by atoms with Gasteiger partial charge in [0.1, 0.15) is 17.2 Å². The van der Waals surface area contributed by atoms with E-state index in [1.807, 2.05) is 12.1 Å². The molecule has 0 fully saturated rings. The minimum Gasteiger partial charge on any atom is -0.496 e. The highest BCUT2D eigenvalue weighted by Crippen LogP contribution is 2.37. The van der Waals surface area contributed by atoms with Gasteiger partial charge in [0.25, 0.3) is 0 Å². The molecule has 0 aromatic heterocycles. The van der Waals surface area contributed by atoms with Gasteiger partial charge in [0, 0.05) is 37.0 Å². The van der Waals surface area contributed by atoms with Crippen LogP contribution >= 0.6 is 0 Å². The lowest BCUT2D eigenvalue weighted by Gasteiger charge is -2.24. The first-order chi connectivity index (χ1) is 14.3. The van der Waals surface area contributed by atoms with Crippen molar-refractivity contribution in [2.24, 2.45) is 0 Å². The zero-order chi connectivity index (χ0) is 22.1. The Balaban J connectivity index is 2.29. The smallest absolute Gasteiger partial charge is 0.188 e. The van der Waals surface area contributed by atoms with Gasteiger partial charge < -0.3 is 23.7 Å². The lowest BCUT2D eigenvalue weighted by Crippen LogP contribution is -2.15. The zero-order valence-electron chi connectivity index (χ0n) is 18.5. The van der Waals surface area contributed by atoms with Crippen molar-refractivity contribution in [3.8, 4) is 17.2 Å². The van der Waals surface area contributed by atoms with Crippen LogP contribution in [-0.2, 0) is 14.9 Å². The van der Waals surface area contributed by atoms with Crippen LogP contribution in [0.25, 0.3) is 6.08 Å². The number of hydrogen-bond donors (Lipinski definition) is 0. The summed E-state index contributed by atoms with van der Waals surface area (Å²) >= 11 is 0. The van der Waals surface area contributed by atoms with Crippen LogP contribution < -0.4 is 14.2 Å². The van der Waals surface area contributed by atoms with Gasteiger partial charge >= 0.3 is 0 Å². The number of allylic oxidation sites excluding steroid dienone is 1. The van der Waals surface area contributed by atoms with Crippen molar-refractivity contribution in [2.75, 3.05) is 34.9 Å². The molecule has 162 valence electrons. The zero-order valence-corrected chi connectivity index (χ0v) is 18.5. The fraction of sp³-hybridized carbons (Fsp3) is 0.375. The fourth-order valence-corrected chi connectivity index (χ4v) is 2.82. The third-order valence-electron chi connectivity index (χ3n) is 4.37. The van der Waals surface area contributed by atoms with Crippen LogP contribution in [0, 0.1) is 0 Å². The molecule has 0 radical (unpaired) electrons. The summed E-state index contributed by atoms with van der Waals surface area (Å²) in [5, 5.41) is 0. The maximum absolute atomic E-state index is 12.6. The van der Waals surface area contributed by atoms with E-state index in [1.54, 1.807) is 51.7 Å². The van der Waals surface area contributed by atoms with Gasteiger partial charge in [0.05, 0.1) is 7.11 Å². The largest absolute Gasteiger partial charge is 0.496 e. The van der Waals surface area contributed by atoms with Crippen molar-refractivity contribution >= 4 is 11.9 Å². The van der Waals surface area contributed by atoms with Crippen molar-refractivity contribution in [3.05, 3.63) is 59.2 Å². The van der Waals surface area contributed by atoms with E-state index in [9.17, 15) is 4.79 Å². The number of benzene rings is 2. The molecule has 2 aromatic carbocycles. The number of rotatable bonds is 10. The predicted octanol–water partition coefficient (Wildman–Crippen LogP) is 4.85. The Bertz CT molecular complexity index is 863. The van der Waals surface area contributed by atoms with E-state index in [2.05, 4.69) is 20.8 Å². The van der Waals surface area contributed by atoms with Crippen molar-refractivity contribution in [1.29, 1.82) is 0 Å². The topological polar surface area (TPSA) is 63.2 Å². The first kappa shape index (κ1) is 23.4. The molecule has 0 aliphatic carbocycles. The van der Waals surface area contributed by atoms with Crippen LogP contribution in [0.1, 0.15) is 42.3 Å². The van der Waals surface area contributed by atoms with Crippen LogP contribution in [0.5, 0.6) is 17.2 Å². The van der Waals surface area contributed by atoms with Crippen LogP contribution in [-0.4, -0.2) is 40.7 Å². The van der Waals surface area contributed by atoms with E-state index in [0.717, 1.165) is 11.1 Å². The predicted molar refractivity (Wildman–Crippen MR) is 117 cm³/mol. The molecule has 2 rings (SSSR count). The van der Waals surface area contributed by atoms with Crippen LogP contribution in [0.3, 0.4) is 0 Å². The van der Waals surface area contributed by atoms with E-state index in [-0.39, 0.29) is 24.8 Å². The van der Waals surface area contributed by atoms with Crippen molar-refractivity contribution < 1.29 is 28.5 Å². The Morgan fingerprint density at radius 3 is 2.10 bits per heavy atom. The van der Waals surface area contributed by atoms with Crippen LogP contribution in [0.2, 0.25) is 0 Å². The number of ether oxygens (including phenoxy) is 5. The first-order valence-corrected chi connectivity index (χ1v) is 9.58. The molecule has 6 heteroatoms. The first-order valence-electron chi connectivity index (χ1n) is 9.58. The van der Waals surface area contributed by atoms with Crippen molar-refractivity contribution in [3.63, 3.8) is 0 Å². The quantitative estimate of drug-likeness (QED) is 0.314. The molecule has 0 saturated carbocycles. The maximum atomic E-state index is 12.6. The molecule has 0 aliphatic heterocycles. The lowest BCUT2D eigenvalue weighted by atomic mass is 9.85. The molecular weight excluding hydrogens is 384 g/mol. The molecular formula is C24H30O6. The van der Waals surface area contributed by atoms with Gasteiger partial charge in [-0.2, -0.15) is 0 Å². The Morgan fingerprint density at radius 1 is 0.900 bits per heavy atom. The SMILES string of the molecule is COCOc1ccc(C(=O)/C=C/c2cc(C(C)(C)C)c(OCOC)cc2OC)cc1. The number of methoxy groups -OCH3 is 3. The fourth-order valence-electron chi connectivity index (χ4n) is 2.82. The minimum atomic E-state index is -0.167. The van der Waals surface area contributed by atoms with Crippen molar-refractivity contribution in [1.82, 2.24) is 0 Å². The Labute approximate surface area is 178 Å². The van der Waals surface area contributed by atoms with Gasteiger partial charge in [-0.15, -0.1) is 0 Å². The average Bonchev–Trinajstić information content (AvgIpc) is 2.73. The third kappa shape index (κ3) is 6.34. The summed E-state index contributed by atoms with van der Waals surface area (Å²) < 4.78 is 26.5. The molecule has 2 aromatic rings. The minimum absolute atomic E-state index is 0.118. The number of hydrogen-bond acceptors (Lipinski definition) is 6. The van der Waals surface area contributed by atoms with Gasteiger partial charge in [0.2, 0.25) is 0 Å². The van der Waals surface area contributed by atoms with Crippen LogP contribution in [0.15, 0.2) is 42.5 Å². The summed E-state index contributed by atoms with van der Waals surface area (Å²) in [6, 6.07) is 10.7. The standard InChI is InChI=1S/C24H30O6/c1-24(2,3)20-13-18(22(28-6)14-23(20)30-16-27-5)9-12-21(25)17-7-10-19(11-8-17)29-15-26-4/h7-14H,15-16H2,1-6H3/b12-9+. The second-order valence-corrected chi connectivity index (χ2v) is 7.66. The van der Waals surface area contributed by atoms with Gasteiger partial charge in [-0.1, -0.05) is 20.8 Å². The summed E-state index contributed by atoms with van der Waals surface area (Å²) in [4.78, 5) is 12.6. The highest BCUT2D eigenvalue weighted by atomic mass is 16.7. The average molecular weight is 414 g/mol. The number of carbonyl (C=O) groups excluding carboxylic acids is 1. The van der Waals surface area contributed by atoms with E-state index in [1.165, 1.54) is 6.08 Å². The normalized spacial score (nSPS) is 11.5. The highest BCUT2D eigenvalue weighted by Gasteiger charge is 2.21. The molecule has 0 unspecified atom stereocenters. The second-order valence-electron chi connectivity index (χ2n) is 7.66. The molecule has 0 amide bonds. The Hall–Kier alpha value is -2.83. The molecule has 30 heavy (non-hydrogen) atoms. The molecule has 0 heterocycles. The second kappa shape index (κ2) is 10.8. The number of carbonyl (C=O) groups is 1. The highest BCUT2D eigenvalue weighted by molar-refractivity contribution is 6.07. The van der Waals surface area contributed by atoms with E-state index < -0.39 is 0 Å². The summed E-state index contributed by atoms with van der Waals surface area (Å²) in [5.74, 6) is 1.82. The third-order valence-corrected chi connectivity index (χ3v) is 4.37. The van der Waals surface area contributed by atoms with Gasteiger partial charge in [-0.05, 0) is 47.9 Å². The molecule has 6 nitrogen and oxygen atoms in total. The van der Waals surface area contributed by atoms with Gasteiger partial charge in [-0.25, -0.2) is 0 Å². The maximum Gasteiger partial charge on any atom is 0.188 e. The number of ketones is 1.